The fourth-order valence-corrected chi connectivity index (χ4v) is 7.03. The van der Waals surface area contributed by atoms with Gasteiger partial charge in [0.25, 0.3) is 0 Å². The molecule has 0 saturated heterocycles. The number of phenolic OH excluding ortho intramolecular Hbond substituents is 1. The Bertz CT molecular complexity index is 1080. The molecule has 0 aromatic heterocycles. The van der Waals surface area contributed by atoms with E-state index in [-0.39, 0.29) is 32.3 Å². The van der Waals surface area contributed by atoms with Gasteiger partial charge in [0.05, 0.1) is 4.08 Å². The highest BCUT2D eigenvalue weighted by Crippen LogP contribution is 2.51. The van der Waals surface area contributed by atoms with Crippen molar-refractivity contribution in [2.75, 3.05) is 6.61 Å². The van der Waals surface area contributed by atoms with Gasteiger partial charge in [0.15, 0.2) is 6.29 Å². The number of carbonyl (C=O) groups is 1. The summed E-state index contributed by atoms with van der Waals surface area (Å²) in [4.78, 5) is 13.5. The number of aromatic hydroxyl groups is 1. The first-order valence-electron chi connectivity index (χ1n) is 13.5. The number of ether oxygens (including phenoxy) is 1. The van der Waals surface area contributed by atoms with Crippen LogP contribution in [0.25, 0.3) is 0 Å². The SMILES string of the molecule is CC(C)(Sc1cc(C(C)(C)C)c(O)c(C(C)(C)C)c1)Sc1cc(C(C)(C)C)c(OCC=O)c(C(C)(C)C)c1. The van der Waals surface area contributed by atoms with Crippen LogP contribution in [0.3, 0.4) is 0 Å². The minimum Gasteiger partial charge on any atom is -0.507 e. The van der Waals surface area contributed by atoms with Crippen LogP contribution in [0.1, 0.15) is 119 Å². The van der Waals surface area contributed by atoms with Gasteiger partial charge in [-0.25, -0.2) is 0 Å². The first-order chi connectivity index (χ1) is 17.0. The first-order valence-corrected chi connectivity index (χ1v) is 15.1. The second kappa shape index (κ2) is 11.1. The summed E-state index contributed by atoms with van der Waals surface area (Å²) < 4.78 is 5.86. The van der Waals surface area contributed by atoms with Crippen molar-refractivity contribution < 1.29 is 14.6 Å². The molecule has 5 heteroatoms. The smallest absolute Gasteiger partial charge is 0.157 e. The number of benzene rings is 2. The summed E-state index contributed by atoms with van der Waals surface area (Å²) >= 11 is 3.67. The third kappa shape index (κ3) is 8.21. The van der Waals surface area contributed by atoms with Crippen molar-refractivity contribution >= 4 is 29.8 Å². The normalized spacial score (nSPS) is 13.5. The summed E-state index contributed by atoms with van der Waals surface area (Å²) in [5.74, 6) is 1.24. The van der Waals surface area contributed by atoms with Crippen LogP contribution in [-0.2, 0) is 26.5 Å². The van der Waals surface area contributed by atoms with Gasteiger partial charge in [-0.1, -0.05) is 83.1 Å². The first kappa shape index (κ1) is 32.6. The quantitative estimate of drug-likeness (QED) is 0.208. The van der Waals surface area contributed by atoms with E-state index in [1.165, 1.54) is 4.90 Å². The maximum absolute atomic E-state index is 11.2. The molecule has 2 aromatic carbocycles. The lowest BCUT2D eigenvalue weighted by molar-refractivity contribution is -0.109. The van der Waals surface area contributed by atoms with Crippen molar-refractivity contribution in [1.82, 2.24) is 0 Å². The van der Waals surface area contributed by atoms with E-state index in [9.17, 15) is 9.90 Å². The maximum atomic E-state index is 11.2. The molecule has 0 fully saturated rings. The van der Waals surface area contributed by atoms with Gasteiger partial charge in [0, 0.05) is 32.0 Å². The lowest BCUT2D eigenvalue weighted by Crippen LogP contribution is -2.21. The second-order valence-corrected chi connectivity index (χ2v) is 18.4. The predicted octanol–water partition coefficient (Wildman–Crippen LogP) is 9.78. The van der Waals surface area contributed by atoms with Crippen LogP contribution >= 0.6 is 23.5 Å². The Labute approximate surface area is 240 Å². The van der Waals surface area contributed by atoms with Gasteiger partial charge >= 0.3 is 0 Å². The average Bonchev–Trinajstić information content (AvgIpc) is 2.69. The highest BCUT2D eigenvalue weighted by atomic mass is 32.2. The molecule has 3 nitrogen and oxygen atoms in total. The van der Waals surface area contributed by atoms with Crippen molar-refractivity contribution in [2.24, 2.45) is 0 Å². The van der Waals surface area contributed by atoms with Crippen LogP contribution in [0.15, 0.2) is 34.1 Å². The maximum Gasteiger partial charge on any atom is 0.157 e. The minimum absolute atomic E-state index is 0.0487. The Morgan fingerprint density at radius 1 is 0.632 bits per heavy atom. The highest BCUT2D eigenvalue weighted by Gasteiger charge is 2.32. The van der Waals surface area contributed by atoms with E-state index in [4.69, 9.17) is 4.74 Å². The third-order valence-electron chi connectivity index (χ3n) is 6.40. The van der Waals surface area contributed by atoms with Crippen LogP contribution in [0.2, 0.25) is 0 Å². The van der Waals surface area contributed by atoms with Crippen molar-refractivity contribution in [3.05, 3.63) is 46.5 Å². The Morgan fingerprint density at radius 3 is 1.24 bits per heavy atom. The third-order valence-corrected chi connectivity index (χ3v) is 8.83. The fourth-order valence-electron chi connectivity index (χ4n) is 4.45. The Morgan fingerprint density at radius 2 is 0.947 bits per heavy atom. The summed E-state index contributed by atoms with van der Waals surface area (Å²) in [6.45, 7) is 30.6. The number of hydrogen-bond donors (Lipinski definition) is 1. The van der Waals surface area contributed by atoms with Gasteiger partial charge in [0.2, 0.25) is 0 Å². The lowest BCUT2D eigenvalue weighted by atomic mass is 9.79. The molecular formula is C33H50O3S2. The predicted molar refractivity (Wildman–Crippen MR) is 167 cm³/mol. The van der Waals surface area contributed by atoms with Crippen LogP contribution in [0.5, 0.6) is 11.5 Å². The number of hydrogen-bond acceptors (Lipinski definition) is 5. The number of carbonyl (C=O) groups excluding carboxylic acids is 1. The summed E-state index contributed by atoms with van der Waals surface area (Å²) in [6, 6.07) is 8.80. The van der Waals surface area contributed by atoms with E-state index in [1.807, 2.05) is 23.5 Å². The Balaban J connectivity index is 2.61. The second-order valence-electron chi connectivity index (χ2n) is 14.8. The fraction of sp³-hybridized carbons (Fsp3) is 0.606. The molecule has 0 amide bonds. The molecular weight excluding hydrogens is 508 g/mol. The molecule has 38 heavy (non-hydrogen) atoms. The van der Waals surface area contributed by atoms with E-state index in [0.29, 0.717) is 5.75 Å². The van der Waals surface area contributed by atoms with Crippen LogP contribution < -0.4 is 4.74 Å². The number of rotatable bonds is 7. The minimum atomic E-state index is -0.184. The van der Waals surface area contributed by atoms with E-state index in [0.717, 1.165) is 39.2 Å². The molecule has 0 unspecified atom stereocenters. The monoisotopic (exact) mass is 558 g/mol. The summed E-state index contributed by atoms with van der Waals surface area (Å²) in [5.41, 5.74) is 3.56. The largest absolute Gasteiger partial charge is 0.507 e. The van der Waals surface area contributed by atoms with Crippen molar-refractivity contribution in [3.63, 3.8) is 0 Å². The van der Waals surface area contributed by atoms with Crippen LogP contribution in [0.4, 0.5) is 0 Å². The molecule has 1 N–H and O–H groups in total. The molecule has 212 valence electrons. The zero-order chi connectivity index (χ0) is 29.5. The van der Waals surface area contributed by atoms with Crippen molar-refractivity contribution in [3.8, 4) is 11.5 Å². The van der Waals surface area contributed by atoms with E-state index < -0.39 is 0 Å². The molecule has 0 aliphatic carbocycles. The molecule has 0 spiro atoms. The van der Waals surface area contributed by atoms with Gasteiger partial charge in [0.1, 0.15) is 18.1 Å². The number of thioether (sulfide) groups is 2. The topological polar surface area (TPSA) is 46.5 Å². The molecule has 0 aliphatic heterocycles. The molecule has 2 aromatic rings. The van der Waals surface area contributed by atoms with Gasteiger partial charge in [-0.15, -0.1) is 23.5 Å². The van der Waals surface area contributed by atoms with E-state index in [1.54, 1.807) is 0 Å². The Kier molecular flexibility index (Phi) is 9.54. The highest BCUT2D eigenvalue weighted by molar-refractivity contribution is 8.18. The average molecular weight is 559 g/mol. The van der Waals surface area contributed by atoms with Gasteiger partial charge in [-0.05, 0) is 59.8 Å². The lowest BCUT2D eigenvalue weighted by Gasteiger charge is -2.32. The van der Waals surface area contributed by atoms with Crippen molar-refractivity contribution in [2.45, 2.75) is 132 Å². The van der Waals surface area contributed by atoms with Gasteiger partial charge < -0.3 is 9.84 Å². The summed E-state index contributed by atoms with van der Waals surface area (Å²) in [7, 11) is 0. The molecule has 0 radical (unpaired) electrons. The van der Waals surface area contributed by atoms with Crippen molar-refractivity contribution in [1.29, 1.82) is 0 Å². The molecule has 0 bridgehead atoms. The van der Waals surface area contributed by atoms with Gasteiger partial charge in [-0.2, -0.15) is 0 Å². The zero-order valence-corrected chi connectivity index (χ0v) is 27.8. The molecule has 0 aliphatic rings. The zero-order valence-electron chi connectivity index (χ0n) is 26.2. The van der Waals surface area contributed by atoms with E-state index >= 15 is 0 Å². The van der Waals surface area contributed by atoms with Crippen LogP contribution in [0, 0.1) is 0 Å². The summed E-state index contributed by atoms with van der Waals surface area (Å²) in [5, 5.41) is 11.2. The van der Waals surface area contributed by atoms with Gasteiger partial charge in [-0.3, -0.25) is 4.79 Å². The summed E-state index contributed by atoms with van der Waals surface area (Å²) in [6.07, 6.45) is 0.816. The Hall–Kier alpha value is -1.59. The molecule has 0 saturated carbocycles. The molecule has 2 rings (SSSR count). The van der Waals surface area contributed by atoms with Crippen LogP contribution in [-0.4, -0.2) is 22.1 Å². The molecule has 0 heterocycles. The number of aldehydes is 1. The number of phenols is 1. The standard InChI is InChI=1S/C33H50O3S2/c1-29(2,3)23-17-21(18-24(27(23)35)30(4,5)6)37-33(13,14)38-22-19-25(31(7,8)9)28(36-16-15-34)26(20-22)32(10,11)12/h15,17-20,35H,16H2,1-14H3. The molecule has 0 atom stereocenters. The van der Waals surface area contributed by atoms with E-state index in [2.05, 4.69) is 121 Å².